The molecule has 1 aliphatic heterocycles. The average Bonchev–Trinajstić information content (AvgIpc) is 2.53. The van der Waals surface area contributed by atoms with Gasteiger partial charge in [-0.25, -0.2) is 8.42 Å². The zero-order valence-electron chi connectivity index (χ0n) is 8.36. The maximum atomic E-state index is 11.6. The molecule has 1 saturated carbocycles. The summed E-state index contributed by atoms with van der Waals surface area (Å²) >= 11 is 0. The highest BCUT2D eigenvalue weighted by molar-refractivity contribution is 7.92. The Labute approximate surface area is 80.6 Å². The van der Waals surface area contributed by atoms with E-state index in [4.69, 9.17) is 0 Å². The van der Waals surface area contributed by atoms with Gasteiger partial charge in [0, 0.05) is 0 Å². The van der Waals surface area contributed by atoms with E-state index in [0.717, 1.165) is 19.3 Å². The monoisotopic (exact) mass is 202 g/mol. The number of fused-ring (bicyclic) bond motifs is 1. The van der Waals surface area contributed by atoms with Crippen molar-refractivity contribution in [2.45, 2.75) is 38.4 Å². The maximum absolute atomic E-state index is 11.6. The Kier molecular flexibility index (Phi) is 2.17. The van der Waals surface area contributed by atoms with Gasteiger partial charge in [-0.15, -0.1) is 0 Å². The first-order valence-electron chi connectivity index (χ1n) is 5.22. The molecule has 0 amide bonds. The molecule has 2 fully saturated rings. The average molecular weight is 202 g/mol. The van der Waals surface area contributed by atoms with Crippen molar-refractivity contribution in [3.05, 3.63) is 0 Å². The molecule has 13 heavy (non-hydrogen) atoms. The van der Waals surface area contributed by atoms with Crippen LogP contribution in [0, 0.1) is 17.8 Å². The summed E-state index contributed by atoms with van der Waals surface area (Å²) in [6.07, 6.45) is 3.02. The quantitative estimate of drug-likeness (QED) is 0.650. The second-order valence-electron chi connectivity index (χ2n) is 4.93. The van der Waals surface area contributed by atoms with Gasteiger partial charge < -0.3 is 0 Å². The molecule has 0 bridgehead atoms. The highest BCUT2D eigenvalue weighted by Gasteiger charge is 2.47. The van der Waals surface area contributed by atoms with Gasteiger partial charge in [-0.3, -0.25) is 0 Å². The second-order valence-corrected chi connectivity index (χ2v) is 7.27. The Morgan fingerprint density at radius 2 is 1.92 bits per heavy atom. The molecule has 1 heterocycles. The summed E-state index contributed by atoms with van der Waals surface area (Å²) < 4.78 is 23.2. The van der Waals surface area contributed by atoms with Crippen LogP contribution in [-0.2, 0) is 9.84 Å². The van der Waals surface area contributed by atoms with Gasteiger partial charge in [0.1, 0.15) is 0 Å². The zero-order chi connectivity index (χ0) is 9.64. The van der Waals surface area contributed by atoms with Crippen LogP contribution in [-0.4, -0.2) is 19.4 Å². The third-order valence-corrected chi connectivity index (χ3v) is 6.15. The Balaban J connectivity index is 2.15. The van der Waals surface area contributed by atoms with Crippen molar-refractivity contribution in [1.82, 2.24) is 0 Å². The number of rotatable bonds is 1. The van der Waals surface area contributed by atoms with E-state index >= 15 is 0 Å². The fourth-order valence-corrected chi connectivity index (χ4v) is 5.19. The second kappa shape index (κ2) is 2.97. The number of sulfone groups is 1. The van der Waals surface area contributed by atoms with Crippen LogP contribution >= 0.6 is 0 Å². The first-order valence-corrected chi connectivity index (χ1v) is 6.94. The Bertz CT molecular complexity index is 292. The minimum absolute atomic E-state index is 0.0277. The van der Waals surface area contributed by atoms with Crippen LogP contribution in [0.2, 0.25) is 0 Å². The molecule has 76 valence electrons. The van der Waals surface area contributed by atoms with E-state index in [1.165, 1.54) is 0 Å². The lowest BCUT2D eigenvalue weighted by Crippen LogP contribution is -2.17. The van der Waals surface area contributed by atoms with Crippen LogP contribution in [0.4, 0.5) is 0 Å². The summed E-state index contributed by atoms with van der Waals surface area (Å²) in [5.41, 5.74) is 0. The van der Waals surface area contributed by atoms with Gasteiger partial charge in [0.05, 0.1) is 11.0 Å². The Morgan fingerprint density at radius 3 is 2.46 bits per heavy atom. The maximum Gasteiger partial charge on any atom is 0.153 e. The SMILES string of the molecule is CC(C)C1CC2CCS(=O)(=O)C2C1. The summed E-state index contributed by atoms with van der Waals surface area (Å²) in [6.45, 7) is 4.41. The molecule has 2 nitrogen and oxygen atoms in total. The van der Waals surface area contributed by atoms with Gasteiger partial charge in [0.25, 0.3) is 0 Å². The zero-order valence-corrected chi connectivity index (χ0v) is 9.18. The van der Waals surface area contributed by atoms with Crippen molar-refractivity contribution in [2.75, 3.05) is 5.75 Å². The first-order chi connectivity index (χ1) is 6.00. The highest BCUT2D eigenvalue weighted by Crippen LogP contribution is 2.45. The minimum atomic E-state index is -2.69. The molecule has 3 heteroatoms. The lowest BCUT2D eigenvalue weighted by molar-refractivity contribution is 0.376. The molecule has 0 aromatic rings. The first kappa shape index (κ1) is 9.50. The van der Waals surface area contributed by atoms with E-state index < -0.39 is 9.84 Å². The van der Waals surface area contributed by atoms with E-state index in [9.17, 15) is 8.42 Å². The van der Waals surface area contributed by atoms with Gasteiger partial charge in [0.2, 0.25) is 0 Å². The van der Waals surface area contributed by atoms with Crippen LogP contribution in [0.5, 0.6) is 0 Å². The van der Waals surface area contributed by atoms with Crippen molar-refractivity contribution >= 4 is 9.84 Å². The standard InChI is InChI=1S/C10H18O2S/c1-7(2)9-5-8-3-4-13(11,12)10(8)6-9/h7-10H,3-6H2,1-2H3. The van der Waals surface area contributed by atoms with Crippen LogP contribution in [0.15, 0.2) is 0 Å². The molecule has 0 N–H and O–H groups in total. The van der Waals surface area contributed by atoms with Gasteiger partial charge in [-0.1, -0.05) is 13.8 Å². The van der Waals surface area contributed by atoms with Gasteiger partial charge in [-0.2, -0.15) is 0 Å². The predicted molar refractivity (Wildman–Crippen MR) is 53.2 cm³/mol. The predicted octanol–water partition coefficient (Wildman–Crippen LogP) is 1.86. The van der Waals surface area contributed by atoms with Gasteiger partial charge >= 0.3 is 0 Å². The van der Waals surface area contributed by atoms with E-state index in [1.807, 2.05) is 0 Å². The number of hydrogen-bond acceptors (Lipinski definition) is 2. The molecule has 3 atom stereocenters. The third-order valence-electron chi connectivity index (χ3n) is 3.84. The summed E-state index contributed by atoms with van der Waals surface area (Å²) in [5.74, 6) is 2.26. The van der Waals surface area contributed by atoms with Crippen molar-refractivity contribution < 1.29 is 8.42 Å². The van der Waals surface area contributed by atoms with Crippen LogP contribution in [0.25, 0.3) is 0 Å². The van der Waals surface area contributed by atoms with E-state index in [0.29, 0.717) is 23.5 Å². The topological polar surface area (TPSA) is 34.1 Å². The summed E-state index contributed by atoms with van der Waals surface area (Å²) in [4.78, 5) is 0. The van der Waals surface area contributed by atoms with Crippen molar-refractivity contribution in [1.29, 1.82) is 0 Å². The van der Waals surface area contributed by atoms with E-state index in [2.05, 4.69) is 13.8 Å². The minimum Gasteiger partial charge on any atom is -0.229 e. The Morgan fingerprint density at radius 1 is 1.23 bits per heavy atom. The van der Waals surface area contributed by atoms with Crippen molar-refractivity contribution in [2.24, 2.45) is 17.8 Å². The lowest BCUT2D eigenvalue weighted by Gasteiger charge is -2.14. The van der Waals surface area contributed by atoms with Crippen molar-refractivity contribution in [3.63, 3.8) is 0 Å². The van der Waals surface area contributed by atoms with Crippen LogP contribution < -0.4 is 0 Å². The molecule has 2 rings (SSSR count). The van der Waals surface area contributed by atoms with E-state index in [-0.39, 0.29) is 5.25 Å². The molecule has 1 aliphatic carbocycles. The summed E-state index contributed by atoms with van der Waals surface area (Å²) in [5, 5.41) is 0.0277. The molecule has 0 aromatic heterocycles. The fourth-order valence-electron chi connectivity index (χ4n) is 2.88. The molecular weight excluding hydrogens is 184 g/mol. The lowest BCUT2D eigenvalue weighted by atomic mass is 9.93. The molecule has 1 saturated heterocycles. The largest absolute Gasteiger partial charge is 0.229 e. The van der Waals surface area contributed by atoms with Crippen LogP contribution in [0.1, 0.15) is 33.1 Å². The fraction of sp³-hybridized carbons (Fsp3) is 1.00. The molecule has 0 spiro atoms. The molecule has 0 radical (unpaired) electrons. The van der Waals surface area contributed by atoms with Gasteiger partial charge in [0.15, 0.2) is 9.84 Å². The van der Waals surface area contributed by atoms with Gasteiger partial charge in [-0.05, 0) is 37.0 Å². The number of hydrogen-bond donors (Lipinski definition) is 0. The van der Waals surface area contributed by atoms with Crippen LogP contribution in [0.3, 0.4) is 0 Å². The highest BCUT2D eigenvalue weighted by atomic mass is 32.2. The molecule has 0 aromatic carbocycles. The van der Waals surface area contributed by atoms with Crippen molar-refractivity contribution in [3.8, 4) is 0 Å². The molecular formula is C10H18O2S. The summed E-state index contributed by atoms with van der Waals surface area (Å²) in [7, 11) is -2.69. The third kappa shape index (κ3) is 1.51. The smallest absolute Gasteiger partial charge is 0.153 e. The Hall–Kier alpha value is -0.0500. The molecule has 2 aliphatic rings. The van der Waals surface area contributed by atoms with E-state index in [1.54, 1.807) is 0 Å². The summed E-state index contributed by atoms with van der Waals surface area (Å²) in [6, 6.07) is 0. The molecule has 3 unspecified atom stereocenters. The normalized spacial score (nSPS) is 42.5.